The smallest absolute Gasteiger partial charge is 0.242 e. The number of methoxy groups -OCH3 is 2. The molecule has 0 spiro atoms. The van der Waals surface area contributed by atoms with E-state index in [-0.39, 0.29) is 4.90 Å². The van der Waals surface area contributed by atoms with Crippen LogP contribution in [0, 0.1) is 0 Å². The van der Waals surface area contributed by atoms with Crippen molar-refractivity contribution in [2.75, 3.05) is 14.2 Å². The van der Waals surface area contributed by atoms with E-state index in [1.54, 1.807) is 25.1 Å². The van der Waals surface area contributed by atoms with Gasteiger partial charge in [-0.05, 0) is 46.6 Å². The highest BCUT2D eigenvalue weighted by atomic mass is 79.9. The molecule has 0 aliphatic heterocycles. The minimum atomic E-state index is -3.85. The lowest BCUT2D eigenvalue weighted by Crippen LogP contribution is -2.27. The summed E-state index contributed by atoms with van der Waals surface area (Å²) < 4.78 is 38.8. The third-order valence-electron chi connectivity index (χ3n) is 3.49. The molecule has 1 N–H and O–H groups in total. The van der Waals surface area contributed by atoms with Gasteiger partial charge in [0.1, 0.15) is 4.90 Å². The van der Waals surface area contributed by atoms with Crippen molar-refractivity contribution < 1.29 is 17.9 Å². The molecule has 136 valence electrons. The summed E-state index contributed by atoms with van der Waals surface area (Å²) in [5.74, 6) is 0.727. The maximum absolute atomic E-state index is 12.8. The van der Waals surface area contributed by atoms with Crippen LogP contribution in [0.3, 0.4) is 0 Å². The summed E-state index contributed by atoms with van der Waals surface area (Å²) >= 11 is 15.3. The van der Waals surface area contributed by atoms with E-state index in [1.807, 2.05) is 0 Å². The van der Waals surface area contributed by atoms with Crippen molar-refractivity contribution in [2.24, 2.45) is 0 Å². The largest absolute Gasteiger partial charge is 0.493 e. The fourth-order valence-corrected chi connectivity index (χ4v) is 5.08. The molecule has 25 heavy (non-hydrogen) atoms. The molecule has 0 aliphatic rings. The van der Waals surface area contributed by atoms with E-state index in [1.165, 1.54) is 26.4 Å². The lowest BCUT2D eigenvalue weighted by atomic mass is 10.1. The van der Waals surface area contributed by atoms with Gasteiger partial charge in [0, 0.05) is 26.6 Å². The Labute approximate surface area is 165 Å². The highest BCUT2D eigenvalue weighted by Gasteiger charge is 2.24. The van der Waals surface area contributed by atoms with E-state index < -0.39 is 16.1 Å². The van der Waals surface area contributed by atoms with Crippen LogP contribution in [-0.2, 0) is 10.0 Å². The van der Waals surface area contributed by atoms with Gasteiger partial charge in [-0.3, -0.25) is 0 Å². The highest BCUT2D eigenvalue weighted by Crippen LogP contribution is 2.36. The Hall–Kier alpha value is -0.990. The van der Waals surface area contributed by atoms with Crippen molar-refractivity contribution in [3.63, 3.8) is 0 Å². The number of ether oxygens (including phenoxy) is 2. The van der Waals surface area contributed by atoms with Crippen LogP contribution in [0.25, 0.3) is 0 Å². The summed E-state index contributed by atoms with van der Waals surface area (Å²) in [7, 11) is -0.937. The van der Waals surface area contributed by atoms with Crippen molar-refractivity contribution in [3.05, 3.63) is 50.4 Å². The van der Waals surface area contributed by atoms with Gasteiger partial charge in [0.2, 0.25) is 10.0 Å². The van der Waals surface area contributed by atoms with Crippen LogP contribution in [0.1, 0.15) is 18.5 Å². The Morgan fingerprint density at radius 1 is 1.08 bits per heavy atom. The SMILES string of the molecule is COc1cc(Br)c(S(=O)(=O)NC(C)c2ccc(Cl)cc2Cl)cc1OC. The van der Waals surface area contributed by atoms with Crippen molar-refractivity contribution in [1.29, 1.82) is 0 Å². The fourth-order valence-electron chi connectivity index (χ4n) is 2.25. The number of rotatable bonds is 6. The van der Waals surface area contributed by atoms with Gasteiger partial charge >= 0.3 is 0 Å². The Morgan fingerprint density at radius 3 is 2.24 bits per heavy atom. The molecule has 2 rings (SSSR count). The first-order chi connectivity index (χ1) is 11.7. The van der Waals surface area contributed by atoms with Crippen molar-refractivity contribution in [1.82, 2.24) is 4.72 Å². The minimum Gasteiger partial charge on any atom is -0.493 e. The monoisotopic (exact) mass is 467 g/mol. The molecule has 9 heteroatoms. The van der Waals surface area contributed by atoms with E-state index in [9.17, 15) is 8.42 Å². The normalized spacial score (nSPS) is 12.7. The van der Waals surface area contributed by atoms with E-state index in [0.29, 0.717) is 31.6 Å². The van der Waals surface area contributed by atoms with Crippen LogP contribution in [0.2, 0.25) is 10.0 Å². The van der Waals surface area contributed by atoms with E-state index >= 15 is 0 Å². The number of halogens is 3. The molecule has 0 amide bonds. The molecule has 0 bridgehead atoms. The molecule has 1 atom stereocenters. The standard InChI is InChI=1S/C16H16BrCl2NO4S/c1-9(11-5-4-10(18)6-13(11)19)20-25(21,22)16-8-15(24-3)14(23-2)7-12(16)17/h4-9,20H,1-3H3. The average Bonchev–Trinajstić information content (AvgIpc) is 2.53. The molecule has 0 aromatic heterocycles. The van der Waals surface area contributed by atoms with Crippen LogP contribution in [0.4, 0.5) is 0 Å². The van der Waals surface area contributed by atoms with Crippen molar-refractivity contribution >= 4 is 49.2 Å². The Balaban J connectivity index is 2.39. The molecule has 2 aromatic rings. The molecular weight excluding hydrogens is 453 g/mol. The fraction of sp³-hybridized carbons (Fsp3) is 0.250. The topological polar surface area (TPSA) is 64.6 Å². The number of sulfonamides is 1. The maximum Gasteiger partial charge on any atom is 0.242 e. The highest BCUT2D eigenvalue weighted by molar-refractivity contribution is 9.10. The minimum absolute atomic E-state index is 0.0297. The van der Waals surface area contributed by atoms with Crippen LogP contribution >= 0.6 is 39.1 Å². The molecule has 0 saturated heterocycles. The predicted octanol–water partition coefficient (Wildman–Crippen LogP) is 4.81. The van der Waals surface area contributed by atoms with Gasteiger partial charge in [-0.2, -0.15) is 0 Å². The molecule has 1 unspecified atom stereocenters. The summed E-state index contributed by atoms with van der Waals surface area (Å²) in [6.07, 6.45) is 0. The van der Waals surface area contributed by atoms with Gasteiger partial charge in [-0.25, -0.2) is 13.1 Å². The molecule has 5 nitrogen and oxygen atoms in total. The van der Waals surface area contributed by atoms with E-state index in [4.69, 9.17) is 32.7 Å². The Kier molecular flexibility index (Phi) is 6.62. The predicted molar refractivity (Wildman–Crippen MR) is 102 cm³/mol. The average molecular weight is 469 g/mol. The first-order valence-corrected chi connectivity index (χ1v) is 10.1. The summed E-state index contributed by atoms with van der Waals surface area (Å²) in [6.45, 7) is 1.70. The molecule has 0 radical (unpaired) electrons. The lowest BCUT2D eigenvalue weighted by Gasteiger charge is -2.18. The summed E-state index contributed by atoms with van der Waals surface area (Å²) in [5, 5.41) is 0.862. The van der Waals surface area contributed by atoms with Crippen LogP contribution in [0.15, 0.2) is 39.7 Å². The summed E-state index contributed by atoms with van der Waals surface area (Å²) in [5.41, 5.74) is 0.617. The molecule has 0 saturated carbocycles. The number of hydrogen-bond donors (Lipinski definition) is 1. The second-order valence-electron chi connectivity index (χ2n) is 5.15. The Morgan fingerprint density at radius 2 is 1.68 bits per heavy atom. The zero-order valence-corrected chi connectivity index (χ0v) is 17.6. The van der Waals surface area contributed by atoms with Crippen molar-refractivity contribution in [2.45, 2.75) is 17.9 Å². The van der Waals surface area contributed by atoms with Crippen molar-refractivity contribution in [3.8, 4) is 11.5 Å². The second-order valence-corrected chi connectivity index (χ2v) is 8.53. The third-order valence-corrected chi connectivity index (χ3v) is 6.55. The van der Waals surface area contributed by atoms with E-state index in [0.717, 1.165) is 0 Å². The van der Waals surface area contributed by atoms with Gasteiger partial charge in [-0.1, -0.05) is 29.3 Å². The zero-order valence-electron chi connectivity index (χ0n) is 13.6. The molecule has 2 aromatic carbocycles. The maximum atomic E-state index is 12.8. The zero-order chi connectivity index (χ0) is 18.8. The lowest BCUT2D eigenvalue weighted by molar-refractivity contribution is 0.353. The van der Waals surface area contributed by atoms with Gasteiger partial charge in [0.25, 0.3) is 0 Å². The molecular formula is C16H16BrCl2NO4S. The summed E-state index contributed by atoms with van der Waals surface area (Å²) in [4.78, 5) is 0.0297. The van der Waals surface area contributed by atoms with Gasteiger partial charge in [-0.15, -0.1) is 0 Å². The quantitative estimate of drug-likeness (QED) is 0.660. The molecule has 0 aliphatic carbocycles. The van der Waals surface area contributed by atoms with Crippen LogP contribution < -0.4 is 14.2 Å². The number of benzene rings is 2. The summed E-state index contributed by atoms with van der Waals surface area (Å²) in [6, 6.07) is 7.26. The van der Waals surface area contributed by atoms with Gasteiger partial charge in [0.15, 0.2) is 11.5 Å². The second kappa shape index (κ2) is 8.14. The first kappa shape index (κ1) is 20.3. The molecule has 0 heterocycles. The third kappa shape index (κ3) is 4.60. The Bertz CT molecular complexity index is 890. The first-order valence-electron chi connectivity index (χ1n) is 7.08. The van der Waals surface area contributed by atoms with Gasteiger partial charge in [0.05, 0.1) is 14.2 Å². The van der Waals surface area contributed by atoms with Crippen LogP contribution in [0.5, 0.6) is 11.5 Å². The van der Waals surface area contributed by atoms with Gasteiger partial charge < -0.3 is 9.47 Å². The molecule has 0 fully saturated rings. The number of hydrogen-bond acceptors (Lipinski definition) is 4. The van der Waals surface area contributed by atoms with E-state index in [2.05, 4.69) is 20.7 Å². The van der Waals surface area contributed by atoms with Crippen LogP contribution in [-0.4, -0.2) is 22.6 Å². The number of nitrogens with one attached hydrogen (secondary N) is 1.